The van der Waals surface area contributed by atoms with E-state index in [2.05, 4.69) is 56.7 Å². The van der Waals surface area contributed by atoms with E-state index in [0.29, 0.717) is 45.3 Å². The molecule has 7 N–H and O–H groups in total. The van der Waals surface area contributed by atoms with Crippen molar-refractivity contribution in [3.8, 4) is 57.8 Å². The SMILES string of the molecule is C#Cc1[nH]nc2cc(C)ccc12.CO.COC(=O)c1ccc(-c2cc(-c3n[nH]c4cc(C)ccc34)on2)cc1.COC(=O)c1ccc(/C(Cl)=N/O)cc1.Cc1ccc2c(-c3cc(-c4ccc(C(=O)O)cc4)no3)n[nH]c2c1.[Na+].[OH-]. The number of esters is 2. The van der Waals surface area contributed by atoms with E-state index in [4.69, 9.17) is 47.2 Å². The zero-order chi connectivity index (χ0) is 55.2. The average Bonchev–Trinajstić information content (AvgIpc) is 4.35. The number of carbonyl (C=O) groups is 3. The number of hydrogen-bond acceptors (Lipinski definition) is 16. The molecule has 0 bridgehead atoms. The van der Waals surface area contributed by atoms with Gasteiger partial charge in [0.25, 0.3) is 0 Å². The number of aliphatic hydroxyl groups excluding tert-OH is 1. The molecule has 79 heavy (non-hydrogen) atoms. The molecule has 0 amide bonds. The second-order valence-electron chi connectivity index (χ2n) is 16.6. The van der Waals surface area contributed by atoms with Crippen molar-refractivity contribution in [3.05, 3.63) is 184 Å². The first-order chi connectivity index (χ1) is 37.3. The molecule has 5 aromatic heterocycles. The number of carbonyl (C=O) groups excluding carboxylic acids is 2. The van der Waals surface area contributed by atoms with Gasteiger partial charge in [-0.05, 0) is 98.1 Å². The number of aromatic amines is 3. The summed E-state index contributed by atoms with van der Waals surface area (Å²) in [5, 5.41) is 59.8. The molecular formula is C57H49ClN9NaO11. The number of ether oxygens (including phenoxy) is 2. The summed E-state index contributed by atoms with van der Waals surface area (Å²) >= 11 is 5.54. The number of aromatic carboxylic acids is 1. The molecule has 0 unspecified atom stereocenters. The summed E-state index contributed by atoms with van der Waals surface area (Å²) in [7, 11) is 3.66. The Morgan fingerprint density at radius 1 is 0.582 bits per heavy atom. The van der Waals surface area contributed by atoms with E-state index in [9.17, 15) is 14.4 Å². The van der Waals surface area contributed by atoms with Gasteiger partial charge in [-0.15, -0.1) is 6.42 Å². The quantitative estimate of drug-likeness (QED) is 0.0210. The maximum Gasteiger partial charge on any atom is 1.00 e. The van der Waals surface area contributed by atoms with Crippen molar-refractivity contribution in [1.29, 1.82) is 0 Å². The Hall–Kier alpha value is -9.20. The zero-order valence-corrected chi connectivity index (χ0v) is 46.3. The summed E-state index contributed by atoms with van der Waals surface area (Å²) in [5.74, 6) is 1.94. The average molecular weight is 1090 g/mol. The van der Waals surface area contributed by atoms with Crippen LogP contribution in [0.25, 0.3) is 78.1 Å². The van der Waals surface area contributed by atoms with E-state index in [1.807, 2.05) is 81.4 Å². The molecule has 0 atom stereocenters. The molecule has 0 fully saturated rings. The number of fused-ring (bicyclic) bond motifs is 3. The third kappa shape index (κ3) is 14.6. The third-order valence-corrected chi connectivity index (χ3v) is 11.7. The number of benzene rings is 6. The van der Waals surface area contributed by atoms with E-state index >= 15 is 0 Å². The Bertz CT molecular complexity index is 3910. The van der Waals surface area contributed by atoms with E-state index in [1.165, 1.54) is 31.9 Å². The maximum atomic E-state index is 11.5. The van der Waals surface area contributed by atoms with Gasteiger partial charge in [0, 0.05) is 52.1 Å². The Morgan fingerprint density at radius 2 is 0.987 bits per heavy atom. The molecule has 0 radical (unpaired) electrons. The molecule has 20 nitrogen and oxygen atoms in total. The van der Waals surface area contributed by atoms with Gasteiger partial charge in [-0.25, -0.2) is 14.4 Å². The number of oxime groups is 1. The van der Waals surface area contributed by atoms with Gasteiger partial charge in [-0.2, -0.15) is 15.3 Å². The maximum absolute atomic E-state index is 11.5. The molecule has 11 aromatic rings. The number of H-pyrrole nitrogens is 3. The number of nitrogens with zero attached hydrogens (tertiary/aromatic N) is 6. The van der Waals surface area contributed by atoms with Crippen LogP contribution < -0.4 is 29.6 Å². The van der Waals surface area contributed by atoms with Crippen molar-refractivity contribution in [3.63, 3.8) is 0 Å². The molecule has 22 heteroatoms. The van der Waals surface area contributed by atoms with Crippen LogP contribution in [0.5, 0.6) is 0 Å². The summed E-state index contributed by atoms with van der Waals surface area (Å²) in [6, 6.07) is 41.5. The molecule has 0 aliphatic carbocycles. The molecular weight excluding hydrogens is 1050 g/mol. The summed E-state index contributed by atoms with van der Waals surface area (Å²) in [6.07, 6.45) is 5.28. The monoisotopic (exact) mass is 1090 g/mol. The van der Waals surface area contributed by atoms with Crippen LogP contribution in [0.2, 0.25) is 0 Å². The Balaban J connectivity index is 0.000000198. The third-order valence-electron chi connectivity index (χ3n) is 11.4. The number of rotatable bonds is 8. The molecule has 0 aliphatic heterocycles. The fourth-order valence-electron chi connectivity index (χ4n) is 7.52. The number of aliphatic hydroxyl groups is 1. The van der Waals surface area contributed by atoms with E-state index in [1.54, 1.807) is 66.7 Å². The van der Waals surface area contributed by atoms with Gasteiger partial charge >= 0.3 is 47.5 Å². The van der Waals surface area contributed by atoms with Gasteiger partial charge in [-0.3, -0.25) is 15.3 Å². The first kappa shape index (κ1) is 60.7. The van der Waals surface area contributed by atoms with Crippen molar-refractivity contribution in [2.24, 2.45) is 5.16 Å². The Morgan fingerprint density at radius 3 is 1.41 bits per heavy atom. The number of nitrogens with one attached hydrogen (secondary N) is 3. The minimum absolute atomic E-state index is 0. The van der Waals surface area contributed by atoms with Crippen molar-refractivity contribution in [2.75, 3.05) is 21.3 Å². The van der Waals surface area contributed by atoms with Gasteiger partial charge in [0.2, 0.25) is 0 Å². The fourth-order valence-corrected chi connectivity index (χ4v) is 7.64. The number of terminal acetylenes is 1. The molecule has 11 rings (SSSR count). The van der Waals surface area contributed by atoms with E-state index in [-0.39, 0.29) is 51.7 Å². The molecule has 5 heterocycles. The number of halogens is 1. The van der Waals surface area contributed by atoms with Crippen LogP contribution in [-0.2, 0) is 9.47 Å². The number of carboxylic acid groups (broad SMARTS) is 1. The normalized spacial score (nSPS) is 10.4. The molecule has 0 spiro atoms. The van der Waals surface area contributed by atoms with Crippen molar-refractivity contribution >= 4 is 67.4 Å². The summed E-state index contributed by atoms with van der Waals surface area (Å²) < 4.78 is 20.1. The molecule has 0 aliphatic rings. The molecule has 6 aromatic carbocycles. The minimum Gasteiger partial charge on any atom is -0.870 e. The van der Waals surface area contributed by atoms with Crippen LogP contribution in [-0.4, -0.2) is 106 Å². The zero-order valence-electron chi connectivity index (χ0n) is 43.6. The van der Waals surface area contributed by atoms with Gasteiger partial charge in [-0.1, -0.05) is 99.7 Å². The number of aryl methyl sites for hydroxylation is 3. The summed E-state index contributed by atoms with van der Waals surface area (Å²) in [4.78, 5) is 33.4. The van der Waals surface area contributed by atoms with Crippen LogP contribution in [0, 0.1) is 33.1 Å². The summed E-state index contributed by atoms with van der Waals surface area (Å²) in [6.45, 7) is 6.08. The Kier molecular flexibility index (Phi) is 21.7. The fraction of sp³-hybridized carbons (Fsp3) is 0.105. The number of aromatic nitrogens is 8. The van der Waals surface area contributed by atoms with Crippen molar-refractivity contribution < 1.29 is 83.4 Å². The molecule has 0 saturated heterocycles. The predicted octanol–water partition coefficient (Wildman–Crippen LogP) is 8.01. The number of hydrogen-bond donors (Lipinski definition) is 6. The van der Waals surface area contributed by atoms with Gasteiger partial charge < -0.3 is 39.4 Å². The molecule has 0 saturated carbocycles. The van der Waals surface area contributed by atoms with Gasteiger partial charge in [0.15, 0.2) is 16.7 Å². The topological polar surface area (TPSA) is 311 Å². The summed E-state index contributed by atoms with van der Waals surface area (Å²) in [5.41, 5.74) is 13.1. The Labute approximate surface area is 478 Å². The number of carboxylic acids is 1. The van der Waals surface area contributed by atoms with Crippen LogP contribution >= 0.6 is 11.6 Å². The minimum atomic E-state index is -0.958. The van der Waals surface area contributed by atoms with Crippen molar-refractivity contribution in [2.45, 2.75) is 20.8 Å². The van der Waals surface area contributed by atoms with Crippen molar-refractivity contribution in [1.82, 2.24) is 40.9 Å². The second kappa shape index (κ2) is 28.3. The first-order valence-corrected chi connectivity index (χ1v) is 23.4. The second-order valence-corrected chi connectivity index (χ2v) is 16.9. The van der Waals surface area contributed by atoms with Gasteiger partial charge in [0.05, 0.1) is 47.5 Å². The smallest absolute Gasteiger partial charge is 0.870 e. The van der Waals surface area contributed by atoms with Gasteiger partial charge in [0.1, 0.15) is 28.5 Å². The first-order valence-electron chi connectivity index (χ1n) is 23.1. The predicted molar refractivity (Wildman–Crippen MR) is 293 cm³/mol. The van der Waals surface area contributed by atoms with E-state index in [0.717, 1.165) is 73.5 Å². The van der Waals surface area contributed by atoms with Crippen LogP contribution in [0.15, 0.2) is 154 Å². The van der Waals surface area contributed by atoms with Crippen LogP contribution in [0.3, 0.4) is 0 Å². The number of methoxy groups -OCH3 is 2. The largest absolute Gasteiger partial charge is 1.00 e. The van der Waals surface area contributed by atoms with Crippen LogP contribution in [0.1, 0.15) is 59.0 Å². The van der Waals surface area contributed by atoms with Crippen LogP contribution in [0.4, 0.5) is 0 Å². The van der Waals surface area contributed by atoms with E-state index < -0.39 is 11.9 Å². The standard InChI is InChI=1S/C19H15N3O3.C18H13N3O3.C10H8N2.C9H8ClNO3.CH4O.Na.H2O/c1-11-3-8-14-16(9-11)20-21-18(14)17-10-15(22-25-17)12-4-6-13(7-5-12)19(23)24-2;1-10-2-7-13-15(8-10)19-20-17(13)16-9-14(21-24-16)11-3-5-12(6-4-11)18(22)23;1-3-9-8-5-4-7(2)6-10(8)12-11-9;1-14-9(12)7-4-2-6(3-5-7)8(10)11-13;1-2;;/h3-10H,1-2H3,(H,20,21);2-9H,1H3,(H,19,20)(H,22,23);1,4-6H,2H3,(H,11,12);2-5,13H,1H3;2H,1H3;;1H2/q;;;;;+1;/p-1/b;;;11-8-;;;. The molecule has 396 valence electrons.